The summed E-state index contributed by atoms with van der Waals surface area (Å²) in [5.41, 5.74) is 0.0615. The number of furan rings is 1. The highest BCUT2D eigenvalue weighted by Crippen LogP contribution is 2.16. The molecule has 0 aliphatic heterocycles. The van der Waals surface area contributed by atoms with Gasteiger partial charge in [0.15, 0.2) is 4.67 Å². The summed E-state index contributed by atoms with van der Waals surface area (Å²) < 4.78 is 5.28. The van der Waals surface area contributed by atoms with Crippen LogP contribution in [0.3, 0.4) is 0 Å². The Morgan fingerprint density at radius 1 is 1.41 bits per heavy atom. The molecule has 0 fully saturated rings. The zero-order valence-corrected chi connectivity index (χ0v) is 11.6. The Kier molecular flexibility index (Phi) is 4.34. The van der Waals surface area contributed by atoms with Gasteiger partial charge < -0.3 is 15.1 Å². The van der Waals surface area contributed by atoms with Crippen LogP contribution in [0.2, 0.25) is 0 Å². The fourth-order valence-corrected chi connectivity index (χ4v) is 1.59. The molecule has 1 aromatic heterocycles. The molecule has 0 unspecified atom stereocenters. The Labute approximate surface area is 108 Å². The van der Waals surface area contributed by atoms with Crippen molar-refractivity contribution in [1.82, 2.24) is 10.6 Å². The number of carbonyl (C=O) groups excluding carboxylic acids is 2. The van der Waals surface area contributed by atoms with Crippen molar-refractivity contribution in [2.45, 2.75) is 26.3 Å². The quantitative estimate of drug-likeness (QED) is 0.892. The first kappa shape index (κ1) is 13.8. The predicted molar refractivity (Wildman–Crippen MR) is 66.6 cm³/mol. The Hall–Kier alpha value is -1.30. The Morgan fingerprint density at radius 2 is 2.06 bits per heavy atom. The molecule has 2 N–H and O–H groups in total. The number of hydrogen-bond acceptors (Lipinski definition) is 3. The maximum Gasteiger partial charge on any atom is 0.256 e. The van der Waals surface area contributed by atoms with Gasteiger partial charge in [0, 0.05) is 5.54 Å². The van der Waals surface area contributed by atoms with Crippen LogP contribution in [0.1, 0.15) is 31.1 Å². The smallest absolute Gasteiger partial charge is 0.256 e. The third kappa shape index (κ3) is 4.60. The molecule has 0 radical (unpaired) electrons. The molecule has 17 heavy (non-hydrogen) atoms. The molecule has 2 amide bonds. The van der Waals surface area contributed by atoms with Crippen molar-refractivity contribution < 1.29 is 14.0 Å². The van der Waals surface area contributed by atoms with E-state index in [1.807, 2.05) is 20.8 Å². The van der Waals surface area contributed by atoms with Gasteiger partial charge in [0.1, 0.15) is 0 Å². The predicted octanol–water partition coefficient (Wildman–Crippen LogP) is 1.69. The number of carbonyl (C=O) groups is 2. The number of hydrogen-bond donors (Lipinski definition) is 2. The molecular formula is C11H15BrN2O3. The zero-order valence-electron chi connectivity index (χ0n) is 9.96. The van der Waals surface area contributed by atoms with E-state index in [0.29, 0.717) is 10.2 Å². The molecule has 0 saturated heterocycles. The van der Waals surface area contributed by atoms with Crippen LogP contribution >= 0.6 is 15.9 Å². The van der Waals surface area contributed by atoms with Crippen molar-refractivity contribution in [2.24, 2.45) is 0 Å². The molecule has 0 saturated carbocycles. The van der Waals surface area contributed by atoms with E-state index in [1.54, 1.807) is 0 Å². The Morgan fingerprint density at radius 3 is 2.53 bits per heavy atom. The molecule has 5 nitrogen and oxygen atoms in total. The molecule has 0 bridgehead atoms. The fourth-order valence-electron chi connectivity index (χ4n) is 1.17. The third-order valence-electron chi connectivity index (χ3n) is 1.79. The topological polar surface area (TPSA) is 71.3 Å². The minimum absolute atomic E-state index is 0.0618. The van der Waals surface area contributed by atoms with Gasteiger partial charge in [-0.1, -0.05) is 0 Å². The van der Waals surface area contributed by atoms with Crippen molar-refractivity contribution in [3.8, 4) is 0 Å². The van der Waals surface area contributed by atoms with Gasteiger partial charge in [0.2, 0.25) is 5.91 Å². The SMILES string of the molecule is CC(C)(C)NC(=O)CNC(=O)c1ccoc1Br. The first-order valence-electron chi connectivity index (χ1n) is 5.12. The molecule has 0 aliphatic rings. The molecule has 0 atom stereocenters. The van der Waals surface area contributed by atoms with Gasteiger partial charge in [0.05, 0.1) is 18.4 Å². The number of halogens is 1. The summed E-state index contributed by atoms with van der Waals surface area (Å²) in [6.45, 7) is 5.56. The summed E-state index contributed by atoms with van der Waals surface area (Å²) in [6, 6.07) is 1.53. The second-order valence-electron chi connectivity index (χ2n) is 4.59. The van der Waals surface area contributed by atoms with Crippen LogP contribution < -0.4 is 10.6 Å². The summed E-state index contributed by atoms with van der Waals surface area (Å²) in [7, 11) is 0. The maximum absolute atomic E-state index is 11.6. The largest absolute Gasteiger partial charge is 0.457 e. The lowest BCUT2D eigenvalue weighted by molar-refractivity contribution is -0.121. The third-order valence-corrected chi connectivity index (χ3v) is 2.40. The second-order valence-corrected chi connectivity index (χ2v) is 5.31. The van der Waals surface area contributed by atoms with E-state index >= 15 is 0 Å². The Bertz CT molecular complexity index is 421. The highest BCUT2D eigenvalue weighted by molar-refractivity contribution is 9.10. The summed E-state index contributed by atoms with van der Waals surface area (Å²) >= 11 is 3.09. The van der Waals surface area contributed by atoms with Crippen molar-refractivity contribution in [1.29, 1.82) is 0 Å². The standard InChI is InChI=1S/C11H15BrN2O3/c1-11(2,3)14-8(15)6-13-10(16)7-4-5-17-9(7)12/h4-5H,6H2,1-3H3,(H,13,16)(H,14,15). The molecular weight excluding hydrogens is 288 g/mol. The molecule has 94 valence electrons. The highest BCUT2D eigenvalue weighted by atomic mass is 79.9. The van der Waals surface area contributed by atoms with E-state index in [1.165, 1.54) is 12.3 Å². The monoisotopic (exact) mass is 302 g/mol. The van der Waals surface area contributed by atoms with Crippen molar-refractivity contribution in [3.05, 3.63) is 22.6 Å². The first-order valence-corrected chi connectivity index (χ1v) is 5.91. The van der Waals surface area contributed by atoms with Crippen LogP contribution in [0.5, 0.6) is 0 Å². The molecule has 1 heterocycles. The van der Waals surface area contributed by atoms with Crippen LogP contribution in [-0.2, 0) is 4.79 Å². The van der Waals surface area contributed by atoms with Crippen molar-refractivity contribution in [2.75, 3.05) is 6.54 Å². The molecule has 0 aliphatic carbocycles. The van der Waals surface area contributed by atoms with E-state index in [9.17, 15) is 9.59 Å². The van der Waals surface area contributed by atoms with Gasteiger partial charge in [-0.15, -0.1) is 0 Å². The minimum Gasteiger partial charge on any atom is -0.457 e. The molecule has 6 heteroatoms. The Balaban J connectivity index is 2.45. The fraction of sp³-hybridized carbons (Fsp3) is 0.455. The lowest BCUT2D eigenvalue weighted by atomic mass is 10.1. The summed E-state index contributed by atoms with van der Waals surface area (Å²) in [5, 5.41) is 5.25. The molecule has 0 spiro atoms. The normalized spacial score (nSPS) is 11.1. The maximum atomic E-state index is 11.6. The molecule has 1 rings (SSSR count). The lowest BCUT2D eigenvalue weighted by Gasteiger charge is -2.20. The van der Waals surface area contributed by atoms with E-state index in [-0.39, 0.29) is 23.9 Å². The van der Waals surface area contributed by atoms with Gasteiger partial charge in [-0.25, -0.2) is 0 Å². The van der Waals surface area contributed by atoms with Gasteiger partial charge in [0.25, 0.3) is 5.91 Å². The van der Waals surface area contributed by atoms with E-state index in [0.717, 1.165) is 0 Å². The van der Waals surface area contributed by atoms with Crippen molar-refractivity contribution in [3.63, 3.8) is 0 Å². The molecule has 1 aromatic rings. The van der Waals surface area contributed by atoms with Crippen LogP contribution in [-0.4, -0.2) is 23.9 Å². The van der Waals surface area contributed by atoms with Gasteiger partial charge >= 0.3 is 0 Å². The van der Waals surface area contributed by atoms with E-state index < -0.39 is 0 Å². The lowest BCUT2D eigenvalue weighted by Crippen LogP contribution is -2.45. The number of amides is 2. The number of nitrogens with one attached hydrogen (secondary N) is 2. The van der Waals surface area contributed by atoms with Crippen LogP contribution in [0.15, 0.2) is 21.4 Å². The average molecular weight is 303 g/mol. The van der Waals surface area contributed by atoms with Gasteiger partial charge in [-0.2, -0.15) is 0 Å². The van der Waals surface area contributed by atoms with Gasteiger partial charge in [-0.3, -0.25) is 9.59 Å². The zero-order chi connectivity index (χ0) is 13.1. The number of rotatable bonds is 3. The van der Waals surface area contributed by atoms with E-state index in [4.69, 9.17) is 4.42 Å². The first-order chi connectivity index (χ1) is 7.79. The van der Waals surface area contributed by atoms with Crippen LogP contribution in [0.4, 0.5) is 0 Å². The van der Waals surface area contributed by atoms with Gasteiger partial charge in [-0.05, 0) is 42.8 Å². The van der Waals surface area contributed by atoms with Crippen molar-refractivity contribution >= 4 is 27.7 Å². The summed E-state index contributed by atoms with van der Waals surface area (Å²) in [6.07, 6.45) is 1.40. The summed E-state index contributed by atoms with van der Waals surface area (Å²) in [4.78, 5) is 23.1. The minimum atomic E-state index is -0.352. The average Bonchev–Trinajstić information content (AvgIpc) is 2.58. The highest BCUT2D eigenvalue weighted by Gasteiger charge is 2.16. The van der Waals surface area contributed by atoms with Crippen LogP contribution in [0, 0.1) is 0 Å². The van der Waals surface area contributed by atoms with Crippen LogP contribution in [0.25, 0.3) is 0 Å². The molecule has 0 aromatic carbocycles. The van der Waals surface area contributed by atoms with E-state index in [2.05, 4.69) is 26.6 Å². The summed E-state index contributed by atoms with van der Waals surface area (Å²) in [5.74, 6) is -0.583. The second kappa shape index (κ2) is 5.35.